The molecule has 1 fully saturated rings. The van der Waals surface area contributed by atoms with Gasteiger partial charge in [-0.3, -0.25) is 0 Å². The molecule has 1 heterocycles. The molecule has 1 unspecified atom stereocenters. The second kappa shape index (κ2) is 6.18. The summed E-state index contributed by atoms with van der Waals surface area (Å²) in [6.07, 6.45) is 6.65. The second-order valence-electron chi connectivity index (χ2n) is 5.55. The van der Waals surface area contributed by atoms with Crippen LogP contribution in [0.15, 0.2) is 12.1 Å². The number of hydrogen-bond donors (Lipinski definition) is 2. The van der Waals surface area contributed by atoms with Crippen molar-refractivity contribution >= 4 is 11.3 Å². The fourth-order valence-electron chi connectivity index (χ4n) is 2.65. The van der Waals surface area contributed by atoms with Gasteiger partial charge >= 0.3 is 0 Å². The minimum absolute atomic E-state index is 0.348. The SMILES string of the molecule is CCc1ccc(C(C)NCC2(O)CCCCC2)s1. The highest BCUT2D eigenvalue weighted by Gasteiger charge is 2.29. The first kappa shape index (κ1) is 14.0. The molecule has 1 aromatic rings. The van der Waals surface area contributed by atoms with Crippen LogP contribution in [0.4, 0.5) is 0 Å². The summed E-state index contributed by atoms with van der Waals surface area (Å²) >= 11 is 1.88. The third kappa shape index (κ3) is 3.56. The molecule has 0 aromatic carbocycles. The Bertz CT molecular complexity index is 368. The van der Waals surface area contributed by atoms with Gasteiger partial charge < -0.3 is 10.4 Å². The number of aryl methyl sites for hydroxylation is 1. The van der Waals surface area contributed by atoms with E-state index in [2.05, 4.69) is 31.3 Å². The highest BCUT2D eigenvalue weighted by molar-refractivity contribution is 7.12. The van der Waals surface area contributed by atoms with E-state index >= 15 is 0 Å². The van der Waals surface area contributed by atoms with E-state index < -0.39 is 5.60 Å². The predicted octanol–water partition coefficient (Wildman–Crippen LogP) is 3.66. The van der Waals surface area contributed by atoms with Crippen molar-refractivity contribution in [2.45, 2.75) is 64.0 Å². The van der Waals surface area contributed by atoms with Crippen LogP contribution in [0.5, 0.6) is 0 Å². The number of thiophene rings is 1. The first-order valence-corrected chi connectivity index (χ1v) is 7.99. The van der Waals surface area contributed by atoms with Crippen LogP contribution in [-0.4, -0.2) is 17.3 Å². The maximum absolute atomic E-state index is 10.5. The van der Waals surface area contributed by atoms with Gasteiger partial charge in [0.1, 0.15) is 0 Å². The molecule has 1 aliphatic carbocycles. The molecule has 0 spiro atoms. The van der Waals surface area contributed by atoms with E-state index in [0.29, 0.717) is 6.04 Å². The summed E-state index contributed by atoms with van der Waals surface area (Å²) < 4.78 is 0. The van der Waals surface area contributed by atoms with Crippen molar-refractivity contribution in [2.75, 3.05) is 6.54 Å². The van der Waals surface area contributed by atoms with E-state index in [9.17, 15) is 5.11 Å². The molecule has 102 valence electrons. The molecule has 1 saturated carbocycles. The molecule has 3 heteroatoms. The molecule has 0 amide bonds. The summed E-state index contributed by atoms with van der Waals surface area (Å²) in [5, 5.41) is 14.0. The van der Waals surface area contributed by atoms with Crippen molar-refractivity contribution < 1.29 is 5.11 Å². The molecule has 2 N–H and O–H groups in total. The standard InChI is InChI=1S/C15H25NOS/c1-3-13-7-8-14(18-13)12(2)16-11-15(17)9-5-4-6-10-15/h7-8,12,16-17H,3-6,9-11H2,1-2H3. The van der Waals surface area contributed by atoms with E-state index in [0.717, 1.165) is 25.8 Å². The van der Waals surface area contributed by atoms with Crippen LogP contribution in [0.25, 0.3) is 0 Å². The zero-order chi connectivity index (χ0) is 13.0. The molecule has 0 radical (unpaired) electrons. The molecular formula is C15H25NOS. The minimum atomic E-state index is -0.461. The lowest BCUT2D eigenvalue weighted by atomic mass is 9.85. The van der Waals surface area contributed by atoms with Gasteiger partial charge in [0.25, 0.3) is 0 Å². The van der Waals surface area contributed by atoms with Gasteiger partial charge in [-0.15, -0.1) is 11.3 Å². The van der Waals surface area contributed by atoms with E-state index in [1.54, 1.807) is 0 Å². The third-order valence-corrected chi connectivity index (χ3v) is 5.39. The van der Waals surface area contributed by atoms with Crippen LogP contribution < -0.4 is 5.32 Å². The lowest BCUT2D eigenvalue weighted by Gasteiger charge is -2.33. The molecule has 0 aliphatic heterocycles. The Morgan fingerprint density at radius 1 is 1.33 bits per heavy atom. The molecular weight excluding hydrogens is 242 g/mol. The first-order chi connectivity index (χ1) is 8.63. The van der Waals surface area contributed by atoms with Crippen molar-refractivity contribution in [2.24, 2.45) is 0 Å². The Balaban J connectivity index is 1.85. The summed E-state index contributed by atoms with van der Waals surface area (Å²) in [4.78, 5) is 2.82. The fraction of sp³-hybridized carbons (Fsp3) is 0.733. The lowest BCUT2D eigenvalue weighted by molar-refractivity contribution is 0.00308. The van der Waals surface area contributed by atoms with Crippen molar-refractivity contribution in [3.8, 4) is 0 Å². The molecule has 2 rings (SSSR count). The molecule has 1 aromatic heterocycles. The van der Waals surface area contributed by atoms with Gasteiger partial charge in [-0.25, -0.2) is 0 Å². The Labute approximate surface area is 114 Å². The smallest absolute Gasteiger partial charge is 0.0771 e. The van der Waals surface area contributed by atoms with Gasteiger partial charge in [0.05, 0.1) is 5.60 Å². The monoisotopic (exact) mass is 267 g/mol. The largest absolute Gasteiger partial charge is 0.389 e. The molecule has 1 atom stereocenters. The van der Waals surface area contributed by atoms with E-state index in [1.165, 1.54) is 29.0 Å². The van der Waals surface area contributed by atoms with Gasteiger partial charge in [-0.05, 0) is 38.3 Å². The highest BCUT2D eigenvalue weighted by atomic mass is 32.1. The predicted molar refractivity (Wildman–Crippen MR) is 78.1 cm³/mol. The van der Waals surface area contributed by atoms with Crippen LogP contribution in [0, 0.1) is 0 Å². The summed E-state index contributed by atoms with van der Waals surface area (Å²) in [7, 11) is 0. The van der Waals surface area contributed by atoms with Crippen molar-refractivity contribution in [3.05, 3.63) is 21.9 Å². The Morgan fingerprint density at radius 2 is 2.06 bits per heavy atom. The summed E-state index contributed by atoms with van der Waals surface area (Å²) in [5.74, 6) is 0. The second-order valence-corrected chi connectivity index (χ2v) is 6.75. The Morgan fingerprint density at radius 3 is 2.67 bits per heavy atom. The van der Waals surface area contributed by atoms with Crippen LogP contribution in [-0.2, 0) is 6.42 Å². The molecule has 0 bridgehead atoms. The molecule has 0 saturated heterocycles. The van der Waals surface area contributed by atoms with Crippen LogP contribution in [0.1, 0.15) is 61.7 Å². The topological polar surface area (TPSA) is 32.3 Å². The maximum atomic E-state index is 10.5. The van der Waals surface area contributed by atoms with Crippen LogP contribution in [0.2, 0.25) is 0 Å². The Hall–Kier alpha value is -0.380. The average molecular weight is 267 g/mol. The first-order valence-electron chi connectivity index (χ1n) is 7.17. The summed E-state index contributed by atoms with van der Waals surface area (Å²) in [5.41, 5.74) is -0.461. The van der Waals surface area contributed by atoms with Crippen LogP contribution in [0.3, 0.4) is 0 Å². The van der Waals surface area contributed by atoms with Gasteiger partial charge in [-0.2, -0.15) is 0 Å². The van der Waals surface area contributed by atoms with Crippen molar-refractivity contribution in [1.82, 2.24) is 5.32 Å². The van der Waals surface area contributed by atoms with Gasteiger partial charge in [-0.1, -0.05) is 26.2 Å². The normalized spacial score (nSPS) is 20.8. The lowest BCUT2D eigenvalue weighted by Crippen LogP contribution is -2.42. The number of nitrogens with one attached hydrogen (secondary N) is 1. The fourth-order valence-corrected chi connectivity index (χ4v) is 3.63. The third-order valence-electron chi connectivity index (χ3n) is 3.98. The van der Waals surface area contributed by atoms with Crippen molar-refractivity contribution in [3.63, 3.8) is 0 Å². The highest BCUT2D eigenvalue weighted by Crippen LogP contribution is 2.29. The summed E-state index contributed by atoms with van der Waals surface area (Å²) in [6, 6.07) is 4.78. The van der Waals surface area contributed by atoms with E-state index in [1.807, 2.05) is 11.3 Å². The number of rotatable bonds is 5. The summed E-state index contributed by atoms with van der Waals surface area (Å²) in [6.45, 7) is 5.11. The quantitative estimate of drug-likeness (QED) is 0.853. The average Bonchev–Trinajstić information content (AvgIpc) is 2.86. The van der Waals surface area contributed by atoms with Crippen LogP contribution >= 0.6 is 11.3 Å². The maximum Gasteiger partial charge on any atom is 0.0771 e. The number of aliphatic hydroxyl groups is 1. The minimum Gasteiger partial charge on any atom is -0.389 e. The van der Waals surface area contributed by atoms with Gasteiger partial charge in [0.2, 0.25) is 0 Å². The number of hydrogen-bond acceptors (Lipinski definition) is 3. The van der Waals surface area contributed by atoms with Crippen molar-refractivity contribution in [1.29, 1.82) is 0 Å². The molecule has 18 heavy (non-hydrogen) atoms. The zero-order valence-electron chi connectivity index (χ0n) is 11.5. The van der Waals surface area contributed by atoms with E-state index in [4.69, 9.17) is 0 Å². The Kier molecular flexibility index (Phi) is 4.82. The van der Waals surface area contributed by atoms with Gasteiger partial charge in [0, 0.05) is 22.3 Å². The molecule has 2 nitrogen and oxygen atoms in total. The molecule has 1 aliphatic rings. The zero-order valence-corrected chi connectivity index (χ0v) is 12.4. The van der Waals surface area contributed by atoms with E-state index in [-0.39, 0.29) is 0 Å². The van der Waals surface area contributed by atoms with Gasteiger partial charge in [0.15, 0.2) is 0 Å².